The van der Waals surface area contributed by atoms with Crippen molar-refractivity contribution in [3.8, 4) is 0 Å². The highest BCUT2D eigenvalue weighted by molar-refractivity contribution is 14.0. The Morgan fingerprint density at radius 3 is 2.39 bits per heavy atom. The zero-order chi connectivity index (χ0) is 19.5. The third-order valence-electron chi connectivity index (χ3n) is 6.24. The van der Waals surface area contributed by atoms with Crippen LogP contribution in [0.25, 0.3) is 0 Å². The molecule has 2 rings (SSSR count). The number of hydrogen-bond donors (Lipinski definition) is 3. The smallest absolute Gasteiger partial charge is 0.191 e. The number of nitrogens with zero attached hydrogens (tertiary/aromatic N) is 2. The van der Waals surface area contributed by atoms with Crippen LogP contribution < -0.4 is 10.6 Å². The van der Waals surface area contributed by atoms with Crippen LogP contribution in [-0.2, 0) is 4.74 Å². The Labute approximate surface area is 189 Å². The minimum Gasteiger partial charge on any atom is -0.396 e. The molecule has 0 aromatic carbocycles. The Bertz CT molecular complexity index is 431. The lowest BCUT2D eigenvalue weighted by molar-refractivity contribution is 0.00751. The predicted octanol–water partition coefficient (Wildman–Crippen LogP) is 2.85. The zero-order valence-electron chi connectivity index (χ0n) is 18.2. The van der Waals surface area contributed by atoms with E-state index in [0.29, 0.717) is 12.0 Å². The van der Waals surface area contributed by atoms with Crippen molar-refractivity contribution in [3.05, 3.63) is 0 Å². The molecule has 3 N–H and O–H groups in total. The first-order valence-electron chi connectivity index (χ1n) is 11.0. The van der Waals surface area contributed by atoms with Crippen molar-refractivity contribution < 1.29 is 9.84 Å². The number of aliphatic imine (C=N–C) groups is 1. The minimum absolute atomic E-state index is 0. The zero-order valence-corrected chi connectivity index (χ0v) is 20.5. The van der Waals surface area contributed by atoms with Crippen molar-refractivity contribution in [3.63, 3.8) is 0 Å². The average molecular weight is 511 g/mol. The van der Waals surface area contributed by atoms with Crippen molar-refractivity contribution >= 4 is 29.9 Å². The summed E-state index contributed by atoms with van der Waals surface area (Å²) in [5.74, 6) is 1.50. The van der Waals surface area contributed by atoms with E-state index in [4.69, 9.17) is 9.73 Å². The van der Waals surface area contributed by atoms with Gasteiger partial charge < -0.3 is 20.5 Å². The van der Waals surface area contributed by atoms with Gasteiger partial charge in [-0.2, -0.15) is 0 Å². The Morgan fingerprint density at radius 1 is 1.14 bits per heavy atom. The van der Waals surface area contributed by atoms with Gasteiger partial charge in [0.15, 0.2) is 5.96 Å². The molecule has 0 bridgehead atoms. The van der Waals surface area contributed by atoms with Gasteiger partial charge in [0, 0.05) is 45.4 Å². The molecule has 166 valence electrons. The number of ether oxygens (including phenoxy) is 1. The fourth-order valence-corrected chi connectivity index (χ4v) is 4.51. The van der Waals surface area contributed by atoms with Crippen molar-refractivity contribution in [1.29, 1.82) is 0 Å². The molecule has 28 heavy (non-hydrogen) atoms. The summed E-state index contributed by atoms with van der Waals surface area (Å²) >= 11 is 0. The molecule has 1 aliphatic carbocycles. The third-order valence-corrected chi connectivity index (χ3v) is 6.24. The van der Waals surface area contributed by atoms with Crippen LogP contribution in [0.15, 0.2) is 4.99 Å². The van der Waals surface area contributed by atoms with Crippen LogP contribution in [0.3, 0.4) is 0 Å². The largest absolute Gasteiger partial charge is 0.396 e. The third kappa shape index (κ3) is 8.32. The fraction of sp³-hybridized carbons (Fsp3) is 0.952. The van der Waals surface area contributed by atoms with Gasteiger partial charge in [-0.1, -0.05) is 33.1 Å². The van der Waals surface area contributed by atoms with E-state index in [2.05, 4.69) is 36.3 Å². The summed E-state index contributed by atoms with van der Waals surface area (Å²) in [6.45, 7) is 13.2. The topological polar surface area (TPSA) is 69.1 Å². The molecular weight excluding hydrogens is 467 g/mol. The molecule has 1 heterocycles. The summed E-state index contributed by atoms with van der Waals surface area (Å²) in [6.07, 6.45) is 7.12. The summed E-state index contributed by atoms with van der Waals surface area (Å²) in [5, 5.41) is 16.5. The van der Waals surface area contributed by atoms with Crippen molar-refractivity contribution in [1.82, 2.24) is 15.5 Å². The maximum atomic E-state index is 9.54. The SMILES string of the molecule is CCNC(=NCC1(CCO)CCCCC1)NCC(C(C)C)N1CCOCC1.I. The van der Waals surface area contributed by atoms with Crippen molar-refractivity contribution in [2.24, 2.45) is 16.3 Å². The molecule has 7 heteroatoms. The van der Waals surface area contributed by atoms with E-state index in [1.165, 1.54) is 32.1 Å². The number of guanidine groups is 1. The average Bonchev–Trinajstić information content (AvgIpc) is 2.68. The molecule has 0 radical (unpaired) electrons. The number of halogens is 1. The highest BCUT2D eigenvalue weighted by atomic mass is 127. The van der Waals surface area contributed by atoms with Gasteiger partial charge in [-0.3, -0.25) is 9.89 Å². The van der Waals surface area contributed by atoms with Crippen molar-refractivity contribution in [2.75, 3.05) is 52.5 Å². The molecule has 0 spiro atoms. The monoisotopic (exact) mass is 510 g/mol. The van der Waals surface area contributed by atoms with Crippen LogP contribution in [0.4, 0.5) is 0 Å². The summed E-state index contributed by atoms with van der Waals surface area (Å²) < 4.78 is 5.52. The maximum absolute atomic E-state index is 9.54. The Balaban J connectivity index is 0.00000392. The molecule has 6 nitrogen and oxygen atoms in total. The molecule has 2 fully saturated rings. The summed E-state index contributed by atoms with van der Waals surface area (Å²) in [7, 11) is 0. The van der Waals surface area contributed by atoms with Crippen LogP contribution in [0.1, 0.15) is 59.3 Å². The molecule has 1 saturated carbocycles. The first-order valence-corrected chi connectivity index (χ1v) is 11.0. The Hall–Kier alpha value is -0.120. The van der Waals surface area contributed by atoms with E-state index < -0.39 is 0 Å². The van der Waals surface area contributed by atoms with E-state index in [-0.39, 0.29) is 36.0 Å². The van der Waals surface area contributed by atoms with Crippen LogP contribution in [0, 0.1) is 11.3 Å². The predicted molar refractivity (Wildman–Crippen MR) is 128 cm³/mol. The number of nitrogens with one attached hydrogen (secondary N) is 2. The van der Waals surface area contributed by atoms with Crippen molar-refractivity contribution in [2.45, 2.75) is 65.3 Å². The van der Waals surface area contributed by atoms with Crippen LogP contribution in [0.2, 0.25) is 0 Å². The summed E-state index contributed by atoms with van der Waals surface area (Å²) in [6, 6.07) is 0.485. The highest BCUT2D eigenvalue weighted by Crippen LogP contribution is 2.39. The van der Waals surface area contributed by atoms with E-state index in [0.717, 1.165) is 58.3 Å². The second kappa shape index (κ2) is 14.0. The first-order chi connectivity index (χ1) is 13.1. The fourth-order valence-electron chi connectivity index (χ4n) is 4.51. The molecule has 0 amide bonds. The molecule has 1 unspecified atom stereocenters. The van der Waals surface area contributed by atoms with Gasteiger partial charge in [0.2, 0.25) is 0 Å². The number of morpholine rings is 1. The number of aliphatic hydroxyl groups excluding tert-OH is 1. The lowest BCUT2D eigenvalue weighted by Gasteiger charge is -2.37. The second-order valence-corrected chi connectivity index (χ2v) is 8.57. The molecule has 2 aliphatic rings. The van der Waals surface area contributed by atoms with E-state index >= 15 is 0 Å². The molecule has 1 saturated heterocycles. The quantitative estimate of drug-likeness (QED) is 0.253. The van der Waals surface area contributed by atoms with Gasteiger partial charge in [-0.25, -0.2) is 0 Å². The molecule has 1 atom stereocenters. The molecule has 1 aliphatic heterocycles. The van der Waals surface area contributed by atoms with Gasteiger partial charge in [-0.15, -0.1) is 24.0 Å². The lowest BCUT2D eigenvalue weighted by atomic mass is 9.72. The number of aliphatic hydroxyl groups is 1. The second-order valence-electron chi connectivity index (χ2n) is 8.57. The minimum atomic E-state index is 0. The normalized spacial score (nSPS) is 21.8. The van der Waals surface area contributed by atoms with E-state index in [1.54, 1.807) is 0 Å². The van der Waals surface area contributed by atoms with Gasteiger partial charge >= 0.3 is 0 Å². The van der Waals surface area contributed by atoms with E-state index in [1.807, 2.05) is 0 Å². The van der Waals surface area contributed by atoms with E-state index in [9.17, 15) is 5.11 Å². The summed E-state index contributed by atoms with van der Waals surface area (Å²) in [4.78, 5) is 7.49. The standard InChI is InChI=1S/C21H42N4O2.HI/c1-4-22-20(24-17-21(10-13-26)8-6-5-7-9-21)23-16-19(18(2)3)25-11-14-27-15-12-25;/h18-19,26H,4-17H2,1-3H3,(H2,22,23,24);1H. The lowest BCUT2D eigenvalue weighted by Crippen LogP contribution is -2.52. The van der Waals surface area contributed by atoms with Gasteiger partial charge in [-0.05, 0) is 37.5 Å². The highest BCUT2D eigenvalue weighted by Gasteiger charge is 2.31. The number of rotatable bonds is 9. The summed E-state index contributed by atoms with van der Waals surface area (Å²) in [5.41, 5.74) is 0.191. The van der Waals surface area contributed by atoms with Gasteiger partial charge in [0.1, 0.15) is 0 Å². The molecule has 0 aromatic rings. The van der Waals surface area contributed by atoms with Crippen LogP contribution in [-0.4, -0.2) is 74.6 Å². The first kappa shape index (κ1) is 25.9. The van der Waals surface area contributed by atoms with Crippen LogP contribution >= 0.6 is 24.0 Å². The Kier molecular flexibility index (Phi) is 12.9. The van der Waals surface area contributed by atoms with Gasteiger partial charge in [0.05, 0.1) is 13.2 Å². The Morgan fingerprint density at radius 2 is 1.82 bits per heavy atom. The maximum Gasteiger partial charge on any atom is 0.191 e. The van der Waals surface area contributed by atoms with Gasteiger partial charge in [0.25, 0.3) is 0 Å². The molecule has 0 aromatic heterocycles. The number of hydrogen-bond acceptors (Lipinski definition) is 4. The van der Waals surface area contributed by atoms with Crippen LogP contribution in [0.5, 0.6) is 0 Å². The molecular formula is C21H43IN4O2.